The van der Waals surface area contributed by atoms with E-state index in [9.17, 15) is 4.79 Å². The summed E-state index contributed by atoms with van der Waals surface area (Å²) in [4.78, 5) is 16.4. The van der Waals surface area contributed by atoms with Crippen molar-refractivity contribution in [3.05, 3.63) is 77.0 Å². The van der Waals surface area contributed by atoms with Crippen LogP contribution in [0.15, 0.2) is 54.6 Å². The quantitative estimate of drug-likeness (QED) is 0.721. The number of nitrogens with one attached hydrogen (secondary N) is 1. The van der Waals surface area contributed by atoms with Crippen LogP contribution in [0.4, 0.5) is 11.5 Å². The number of pyridine rings is 1. The minimum Gasteiger partial charge on any atom is -0.457 e. The molecule has 0 aliphatic rings. The molecule has 1 aromatic heterocycles. The van der Waals surface area contributed by atoms with Gasteiger partial charge in [-0.15, -0.1) is 0 Å². The van der Waals surface area contributed by atoms with Gasteiger partial charge in [-0.2, -0.15) is 0 Å². The lowest BCUT2D eigenvalue weighted by molar-refractivity contribution is 0.102. The topological polar surface area (TPSA) is 77.2 Å². The number of amides is 1. The molecule has 0 unspecified atom stereocenters. The van der Waals surface area contributed by atoms with Crippen molar-refractivity contribution in [1.82, 2.24) is 4.98 Å². The number of nitrogens with zero attached hydrogens (tertiary/aromatic N) is 1. The molecule has 0 atom stereocenters. The van der Waals surface area contributed by atoms with E-state index in [2.05, 4.69) is 16.4 Å². The van der Waals surface area contributed by atoms with Crippen LogP contribution in [0.25, 0.3) is 0 Å². The summed E-state index contributed by atoms with van der Waals surface area (Å²) in [5.41, 5.74) is 9.89. The Labute approximate surface area is 152 Å². The molecule has 0 aliphatic carbocycles. The van der Waals surface area contributed by atoms with Crippen LogP contribution in [-0.2, 0) is 0 Å². The summed E-state index contributed by atoms with van der Waals surface area (Å²) in [7, 11) is 0. The number of benzene rings is 2. The molecule has 1 amide bonds. The third kappa shape index (κ3) is 4.19. The molecule has 3 rings (SSSR count). The fraction of sp³-hybridized carbons (Fsp3) is 0.143. The molecule has 0 bridgehead atoms. The van der Waals surface area contributed by atoms with Crippen LogP contribution >= 0.6 is 0 Å². The number of aryl methyl sites for hydroxylation is 3. The monoisotopic (exact) mass is 347 g/mol. The molecule has 1 heterocycles. The number of ether oxygens (including phenoxy) is 1. The zero-order valence-electron chi connectivity index (χ0n) is 15.0. The molecular weight excluding hydrogens is 326 g/mol. The van der Waals surface area contributed by atoms with Gasteiger partial charge < -0.3 is 15.8 Å². The number of nitrogens with two attached hydrogens (primary N) is 1. The molecule has 2 aromatic carbocycles. The summed E-state index contributed by atoms with van der Waals surface area (Å²) in [5, 5.41) is 2.81. The van der Waals surface area contributed by atoms with Gasteiger partial charge in [0.1, 0.15) is 17.3 Å². The summed E-state index contributed by atoms with van der Waals surface area (Å²) >= 11 is 0. The number of aromatic nitrogens is 1. The van der Waals surface area contributed by atoms with Crippen molar-refractivity contribution in [3.8, 4) is 11.5 Å². The molecular formula is C21H21N3O2. The van der Waals surface area contributed by atoms with E-state index in [0.29, 0.717) is 17.0 Å². The smallest absolute Gasteiger partial charge is 0.259 e. The highest BCUT2D eigenvalue weighted by Crippen LogP contribution is 2.25. The number of hydrogen-bond acceptors (Lipinski definition) is 4. The molecule has 132 valence electrons. The van der Waals surface area contributed by atoms with Crippen molar-refractivity contribution in [1.29, 1.82) is 0 Å². The van der Waals surface area contributed by atoms with Gasteiger partial charge >= 0.3 is 0 Å². The lowest BCUT2D eigenvalue weighted by Gasteiger charge is -2.10. The first-order valence-electron chi connectivity index (χ1n) is 8.31. The van der Waals surface area contributed by atoms with Crippen molar-refractivity contribution in [2.45, 2.75) is 20.8 Å². The molecule has 3 N–H and O–H groups in total. The Balaban J connectivity index is 1.70. The number of carbonyl (C=O) groups excluding carboxylic acids is 1. The molecule has 0 radical (unpaired) electrons. The number of anilines is 2. The molecule has 5 heteroatoms. The van der Waals surface area contributed by atoms with Crippen LogP contribution in [0, 0.1) is 20.8 Å². The van der Waals surface area contributed by atoms with Crippen molar-refractivity contribution in [2.24, 2.45) is 0 Å². The molecule has 0 aliphatic heterocycles. The van der Waals surface area contributed by atoms with E-state index >= 15 is 0 Å². The van der Waals surface area contributed by atoms with Gasteiger partial charge in [0.25, 0.3) is 5.91 Å². The van der Waals surface area contributed by atoms with E-state index in [1.54, 1.807) is 24.3 Å². The van der Waals surface area contributed by atoms with Gasteiger partial charge in [0.05, 0.1) is 5.56 Å². The van der Waals surface area contributed by atoms with Gasteiger partial charge in [-0.1, -0.05) is 6.07 Å². The molecule has 0 saturated carbocycles. The maximum Gasteiger partial charge on any atom is 0.259 e. The van der Waals surface area contributed by atoms with Gasteiger partial charge in [-0.25, -0.2) is 4.98 Å². The summed E-state index contributed by atoms with van der Waals surface area (Å²) in [5.74, 6) is 1.41. The van der Waals surface area contributed by atoms with Gasteiger partial charge in [0.2, 0.25) is 0 Å². The summed E-state index contributed by atoms with van der Waals surface area (Å²) in [6.45, 7) is 5.89. The van der Waals surface area contributed by atoms with Crippen LogP contribution in [0.2, 0.25) is 0 Å². The standard InChI is InChI=1S/C21H21N3O2/c1-13-10-14(2)12-18(11-13)26-17-7-5-16(6-8-17)24-21(25)19-9-4-15(3)23-20(19)22/h4-12H,1-3H3,(H2,22,23)(H,24,25). The lowest BCUT2D eigenvalue weighted by atomic mass is 10.1. The van der Waals surface area contributed by atoms with Crippen LogP contribution < -0.4 is 15.8 Å². The first-order valence-corrected chi connectivity index (χ1v) is 8.31. The second-order valence-corrected chi connectivity index (χ2v) is 6.29. The van der Waals surface area contributed by atoms with Crippen molar-refractivity contribution in [3.63, 3.8) is 0 Å². The van der Waals surface area contributed by atoms with E-state index in [4.69, 9.17) is 10.5 Å². The van der Waals surface area contributed by atoms with Crippen LogP contribution in [0.3, 0.4) is 0 Å². The van der Waals surface area contributed by atoms with E-state index in [0.717, 1.165) is 22.6 Å². The molecule has 5 nitrogen and oxygen atoms in total. The third-order valence-corrected chi connectivity index (χ3v) is 3.85. The Bertz CT molecular complexity index is 930. The minimum absolute atomic E-state index is 0.220. The lowest BCUT2D eigenvalue weighted by Crippen LogP contribution is -2.15. The first kappa shape index (κ1) is 17.5. The zero-order valence-corrected chi connectivity index (χ0v) is 15.0. The fourth-order valence-electron chi connectivity index (χ4n) is 2.70. The second-order valence-electron chi connectivity index (χ2n) is 6.29. The minimum atomic E-state index is -0.294. The molecule has 0 saturated heterocycles. The van der Waals surface area contributed by atoms with Gasteiger partial charge in [0, 0.05) is 11.4 Å². The van der Waals surface area contributed by atoms with E-state index in [1.165, 1.54) is 0 Å². The van der Waals surface area contributed by atoms with Crippen molar-refractivity contribution in [2.75, 3.05) is 11.1 Å². The summed E-state index contributed by atoms with van der Waals surface area (Å²) in [6, 6.07) is 16.7. The number of carbonyl (C=O) groups is 1. The van der Waals surface area contributed by atoms with Crippen LogP contribution in [-0.4, -0.2) is 10.9 Å². The maximum atomic E-state index is 12.3. The zero-order chi connectivity index (χ0) is 18.7. The number of hydrogen-bond donors (Lipinski definition) is 2. The Hall–Kier alpha value is -3.34. The maximum absolute atomic E-state index is 12.3. The predicted molar refractivity (Wildman–Crippen MR) is 104 cm³/mol. The van der Waals surface area contributed by atoms with Crippen LogP contribution in [0.5, 0.6) is 11.5 Å². The highest BCUT2D eigenvalue weighted by molar-refractivity contribution is 6.07. The second kappa shape index (κ2) is 7.27. The number of rotatable bonds is 4. The third-order valence-electron chi connectivity index (χ3n) is 3.85. The molecule has 3 aromatic rings. The highest BCUT2D eigenvalue weighted by atomic mass is 16.5. The number of nitrogen functional groups attached to an aromatic ring is 1. The van der Waals surface area contributed by atoms with E-state index in [1.807, 2.05) is 45.0 Å². The Morgan fingerprint density at radius 2 is 1.58 bits per heavy atom. The normalized spacial score (nSPS) is 10.4. The molecule has 26 heavy (non-hydrogen) atoms. The Morgan fingerprint density at radius 3 is 2.19 bits per heavy atom. The molecule has 0 fully saturated rings. The largest absolute Gasteiger partial charge is 0.457 e. The van der Waals surface area contributed by atoms with Gasteiger partial charge in [-0.3, -0.25) is 4.79 Å². The molecule has 0 spiro atoms. The average Bonchev–Trinajstić information content (AvgIpc) is 2.55. The summed E-state index contributed by atoms with van der Waals surface area (Å²) < 4.78 is 5.87. The Morgan fingerprint density at radius 1 is 0.923 bits per heavy atom. The van der Waals surface area contributed by atoms with Gasteiger partial charge in [0.15, 0.2) is 0 Å². The Kier molecular flexibility index (Phi) is 4.89. The van der Waals surface area contributed by atoms with E-state index < -0.39 is 0 Å². The predicted octanol–water partition coefficient (Wildman–Crippen LogP) is 4.63. The fourth-order valence-corrected chi connectivity index (χ4v) is 2.70. The van der Waals surface area contributed by atoms with Crippen LogP contribution in [0.1, 0.15) is 27.2 Å². The van der Waals surface area contributed by atoms with Crippen molar-refractivity contribution >= 4 is 17.4 Å². The highest BCUT2D eigenvalue weighted by Gasteiger charge is 2.11. The van der Waals surface area contributed by atoms with Gasteiger partial charge in [-0.05, 0) is 80.4 Å². The van der Waals surface area contributed by atoms with E-state index in [-0.39, 0.29) is 11.7 Å². The SMILES string of the molecule is Cc1cc(C)cc(Oc2ccc(NC(=O)c3ccc(C)nc3N)cc2)c1. The first-order chi connectivity index (χ1) is 12.4. The summed E-state index contributed by atoms with van der Waals surface area (Å²) in [6.07, 6.45) is 0. The van der Waals surface area contributed by atoms with Crippen molar-refractivity contribution < 1.29 is 9.53 Å². The average molecular weight is 347 g/mol.